The lowest BCUT2D eigenvalue weighted by atomic mass is 10.2. The highest BCUT2D eigenvalue weighted by atomic mass is 32.1. The minimum Gasteiger partial charge on any atom is -0.452 e. The Kier molecular flexibility index (Phi) is 7.06. The van der Waals surface area contributed by atoms with E-state index in [2.05, 4.69) is 15.6 Å². The van der Waals surface area contributed by atoms with E-state index in [4.69, 9.17) is 4.74 Å². The Labute approximate surface area is 162 Å². The molecule has 27 heavy (non-hydrogen) atoms. The summed E-state index contributed by atoms with van der Waals surface area (Å²) in [5.74, 6) is -1.26. The Morgan fingerprint density at radius 3 is 2.44 bits per heavy atom. The first-order valence-corrected chi connectivity index (χ1v) is 9.45. The number of benzene rings is 1. The first kappa shape index (κ1) is 20.6. The number of thiazole rings is 1. The summed E-state index contributed by atoms with van der Waals surface area (Å²) in [6.07, 6.45) is -1.12. The van der Waals surface area contributed by atoms with Gasteiger partial charge in [-0.2, -0.15) is 0 Å². The maximum Gasteiger partial charge on any atom is 0.321 e. The van der Waals surface area contributed by atoms with E-state index < -0.39 is 24.0 Å². The molecule has 2 aromatic rings. The summed E-state index contributed by atoms with van der Waals surface area (Å²) in [6, 6.07) is 7.22. The van der Waals surface area contributed by atoms with E-state index in [1.54, 1.807) is 19.2 Å². The van der Waals surface area contributed by atoms with Crippen molar-refractivity contribution in [2.24, 2.45) is 0 Å². The number of carbonyl (C=O) groups is 3. The highest BCUT2D eigenvalue weighted by molar-refractivity contribution is 7.13. The van der Waals surface area contributed by atoms with Crippen LogP contribution in [-0.2, 0) is 20.7 Å². The van der Waals surface area contributed by atoms with Crippen molar-refractivity contribution < 1.29 is 19.1 Å². The number of hydrogen-bond acceptors (Lipinski definition) is 6. The number of imide groups is 1. The number of aromatic nitrogens is 1. The van der Waals surface area contributed by atoms with Gasteiger partial charge in [0.2, 0.25) is 0 Å². The van der Waals surface area contributed by atoms with Crippen LogP contribution >= 0.6 is 11.3 Å². The Morgan fingerprint density at radius 2 is 1.81 bits per heavy atom. The number of hydrogen-bond donors (Lipinski definition) is 2. The lowest BCUT2D eigenvalue weighted by Gasteiger charge is -2.14. The first-order chi connectivity index (χ1) is 12.7. The Bertz CT molecular complexity index is 815. The molecule has 0 aliphatic heterocycles. The van der Waals surface area contributed by atoms with Crippen LogP contribution in [0.25, 0.3) is 10.6 Å². The van der Waals surface area contributed by atoms with Crippen LogP contribution in [0, 0.1) is 6.92 Å². The maximum absolute atomic E-state index is 12.0. The van der Waals surface area contributed by atoms with Crippen LogP contribution in [0.4, 0.5) is 4.79 Å². The van der Waals surface area contributed by atoms with Gasteiger partial charge in [0.25, 0.3) is 5.91 Å². The molecule has 0 aliphatic carbocycles. The van der Waals surface area contributed by atoms with Crippen LogP contribution in [0.1, 0.15) is 32.0 Å². The predicted octanol–water partition coefficient (Wildman–Crippen LogP) is 2.83. The van der Waals surface area contributed by atoms with Gasteiger partial charge in [0, 0.05) is 17.0 Å². The molecule has 1 aromatic heterocycles. The maximum atomic E-state index is 12.0. The zero-order chi connectivity index (χ0) is 20.0. The Balaban J connectivity index is 1.87. The highest BCUT2D eigenvalue weighted by Crippen LogP contribution is 2.24. The molecule has 0 fully saturated rings. The van der Waals surface area contributed by atoms with E-state index in [-0.39, 0.29) is 12.5 Å². The number of carbonyl (C=O) groups excluding carboxylic acids is 3. The topological polar surface area (TPSA) is 97.4 Å². The lowest BCUT2D eigenvalue weighted by molar-refractivity contribution is -0.153. The third-order valence-electron chi connectivity index (χ3n) is 3.51. The average molecular weight is 389 g/mol. The first-order valence-electron chi connectivity index (χ1n) is 8.57. The van der Waals surface area contributed by atoms with E-state index in [1.807, 2.05) is 31.2 Å². The second-order valence-corrected chi connectivity index (χ2v) is 7.29. The summed E-state index contributed by atoms with van der Waals surface area (Å²) in [5, 5.41) is 7.26. The van der Waals surface area contributed by atoms with Gasteiger partial charge in [-0.1, -0.05) is 29.8 Å². The van der Waals surface area contributed by atoms with Crippen LogP contribution in [0.5, 0.6) is 0 Å². The van der Waals surface area contributed by atoms with Crippen LogP contribution in [0.2, 0.25) is 0 Å². The molecule has 0 aliphatic rings. The molecular weight excluding hydrogens is 366 g/mol. The number of aryl methyl sites for hydroxylation is 1. The largest absolute Gasteiger partial charge is 0.452 e. The van der Waals surface area contributed by atoms with E-state index >= 15 is 0 Å². The van der Waals surface area contributed by atoms with E-state index in [0.29, 0.717) is 5.69 Å². The fourth-order valence-corrected chi connectivity index (χ4v) is 2.99. The van der Waals surface area contributed by atoms with Crippen LogP contribution in [-0.4, -0.2) is 35.0 Å². The normalized spacial score (nSPS) is 11.7. The fraction of sp³-hybridized carbons (Fsp3) is 0.368. The average Bonchev–Trinajstić information content (AvgIpc) is 3.02. The fourth-order valence-electron chi connectivity index (χ4n) is 2.17. The molecule has 2 rings (SSSR count). The van der Waals surface area contributed by atoms with Gasteiger partial charge >= 0.3 is 12.0 Å². The second kappa shape index (κ2) is 9.27. The molecule has 8 heteroatoms. The molecule has 0 radical (unpaired) electrons. The standard InChI is InChI=1S/C19H23N3O4S/c1-11(2)20-19(25)22-17(24)13(4)26-16(23)9-15-10-27-18(21-15)14-7-5-12(3)6-8-14/h5-8,10-11,13H,9H2,1-4H3,(H2,20,22,24,25)/t13-/m1/s1. The third kappa shape index (κ3) is 6.49. The number of nitrogens with zero attached hydrogens (tertiary/aromatic N) is 1. The highest BCUT2D eigenvalue weighted by Gasteiger charge is 2.21. The molecule has 1 heterocycles. The summed E-state index contributed by atoms with van der Waals surface area (Å²) < 4.78 is 5.09. The predicted molar refractivity (Wildman–Crippen MR) is 103 cm³/mol. The van der Waals surface area contributed by atoms with Gasteiger partial charge in [-0.3, -0.25) is 14.9 Å². The second-order valence-electron chi connectivity index (χ2n) is 6.44. The van der Waals surface area contributed by atoms with Crippen molar-refractivity contribution in [2.45, 2.75) is 46.3 Å². The molecule has 7 nitrogen and oxygen atoms in total. The molecule has 0 bridgehead atoms. The van der Waals surface area contributed by atoms with Crippen molar-refractivity contribution in [3.05, 3.63) is 40.9 Å². The molecule has 2 N–H and O–H groups in total. The molecule has 0 saturated carbocycles. The lowest BCUT2D eigenvalue weighted by Crippen LogP contribution is -2.46. The van der Waals surface area contributed by atoms with Crippen molar-refractivity contribution in [3.63, 3.8) is 0 Å². The third-order valence-corrected chi connectivity index (χ3v) is 4.45. The quantitative estimate of drug-likeness (QED) is 0.741. The van der Waals surface area contributed by atoms with E-state index in [9.17, 15) is 14.4 Å². The number of nitrogens with one attached hydrogen (secondary N) is 2. The summed E-state index contributed by atoms with van der Waals surface area (Å²) >= 11 is 1.44. The zero-order valence-electron chi connectivity index (χ0n) is 15.7. The van der Waals surface area contributed by atoms with Crippen molar-refractivity contribution in [2.75, 3.05) is 0 Å². The molecule has 3 amide bonds. The Morgan fingerprint density at radius 1 is 1.15 bits per heavy atom. The van der Waals surface area contributed by atoms with Gasteiger partial charge in [-0.25, -0.2) is 9.78 Å². The molecule has 0 spiro atoms. The summed E-state index contributed by atoms with van der Waals surface area (Å²) in [4.78, 5) is 39.9. The number of esters is 1. The molecule has 0 unspecified atom stereocenters. The van der Waals surface area contributed by atoms with E-state index in [0.717, 1.165) is 16.1 Å². The minimum atomic E-state index is -1.08. The Hall–Kier alpha value is -2.74. The number of rotatable bonds is 6. The number of ether oxygens (including phenoxy) is 1. The summed E-state index contributed by atoms with van der Waals surface area (Å²) in [7, 11) is 0. The van der Waals surface area contributed by atoms with Crippen molar-refractivity contribution in [1.82, 2.24) is 15.6 Å². The van der Waals surface area contributed by atoms with Gasteiger partial charge in [-0.15, -0.1) is 11.3 Å². The van der Waals surface area contributed by atoms with Gasteiger partial charge in [-0.05, 0) is 27.7 Å². The summed E-state index contributed by atoms with van der Waals surface area (Å²) in [5.41, 5.74) is 2.72. The SMILES string of the molecule is Cc1ccc(-c2nc(CC(=O)O[C@H](C)C(=O)NC(=O)NC(C)C)cs2)cc1. The van der Waals surface area contributed by atoms with Crippen molar-refractivity contribution >= 4 is 29.2 Å². The number of amides is 3. The molecule has 1 atom stereocenters. The van der Waals surface area contributed by atoms with E-state index in [1.165, 1.54) is 18.3 Å². The van der Waals surface area contributed by atoms with Crippen LogP contribution in [0.15, 0.2) is 29.6 Å². The minimum absolute atomic E-state index is 0.0435. The molecular formula is C19H23N3O4S. The summed E-state index contributed by atoms with van der Waals surface area (Å²) in [6.45, 7) is 6.96. The van der Waals surface area contributed by atoms with Gasteiger partial charge in [0.15, 0.2) is 6.10 Å². The van der Waals surface area contributed by atoms with Crippen LogP contribution in [0.3, 0.4) is 0 Å². The van der Waals surface area contributed by atoms with Gasteiger partial charge in [0.1, 0.15) is 5.01 Å². The number of urea groups is 1. The molecule has 1 aromatic carbocycles. The van der Waals surface area contributed by atoms with Gasteiger partial charge < -0.3 is 10.1 Å². The van der Waals surface area contributed by atoms with Crippen molar-refractivity contribution in [1.29, 1.82) is 0 Å². The monoisotopic (exact) mass is 389 g/mol. The molecule has 0 saturated heterocycles. The molecule has 144 valence electrons. The van der Waals surface area contributed by atoms with Crippen molar-refractivity contribution in [3.8, 4) is 10.6 Å². The van der Waals surface area contributed by atoms with Crippen LogP contribution < -0.4 is 10.6 Å². The van der Waals surface area contributed by atoms with Gasteiger partial charge in [0.05, 0.1) is 12.1 Å². The zero-order valence-corrected chi connectivity index (χ0v) is 16.6. The smallest absolute Gasteiger partial charge is 0.321 e.